The monoisotopic (exact) mass is 275 g/mol. The largest absolute Gasteiger partial charge is 0.394 e. The molecule has 3 N–H and O–H groups in total. The normalized spacial score (nSPS) is 13.9. The number of rotatable bonds is 4. The number of benzene rings is 1. The molecular weight excluding hydrogens is 258 g/mol. The number of amides is 1. The molecule has 0 saturated carbocycles. The van der Waals surface area contributed by atoms with Crippen LogP contribution in [-0.4, -0.2) is 33.1 Å². The molecule has 0 aliphatic heterocycles. The van der Waals surface area contributed by atoms with Gasteiger partial charge in [0.2, 0.25) is 0 Å². The molecule has 2 aromatic rings. The second kappa shape index (κ2) is 5.42. The molecule has 6 heteroatoms. The summed E-state index contributed by atoms with van der Waals surface area (Å²) in [5.74, 6) is -0.562. The van der Waals surface area contributed by atoms with Crippen molar-refractivity contribution in [3.63, 3.8) is 0 Å². The third-order valence-corrected chi connectivity index (χ3v) is 3.37. The van der Waals surface area contributed by atoms with Crippen molar-refractivity contribution >= 4 is 16.8 Å². The standard InChI is InChI=1S/C14H17N3O3/c1-3-14(2,8-18)17-13(20)11-15-10-7-5-4-6-9(10)12(19)16-11/h4-7,18H,3,8H2,1-2H3,(H,17,20)(H,15,16,19). The van der Waals surface area contributed by atoms with Gasteiger partial charge in [-0.25, -0.2) is 4.98 Å². The number of carbonyl (C=O) groups is 1. The van der Waals surface area contributed by atoms with Gasteiger partial charge in [-0.2, -0.15) is 0 Å². The van der Waals surface area contributed by atoms with Crippen LogP contribution < -0.4 is 10.9 Å². The van der Waals surface area contributed by atoms with Gasteiger partial charge in [0, 0.05) is 0 Å². The molecule has 0 fully saturated rings. The zero-order valence-corrected chi connectivity index (χ0v) is 11.4. The third-order valence-electron chi connectivity index (χ3n) is 3.37. The van der Waals surface area contributed by atoms with Crippen molar-refractivity contribution in [2.75, 3.05) is 6.61 Å². The molecule has 0 spiro atoms. The fraction of sp³-hybridized carbons (Fsp3) is 0.357. The predicted molar refractivity (Wildman–Crippen MR) is 75.6 cm³/mol. The molecule has 1 aromatic heterocycles. The minimum absolute atomic E-state index is 0.0539. The number of hydrogen-bond donors (Lipinski definition) is 3. The first-order valence-electron chi connectivity index (χ1n) is 6.41. The van der Waals surface area contributed by atoms with E-state index in [4.69, 9.17) is 0 Å². The Labute approximate surface area is 115 Å². The Hall–Kier alpha value is -2.21. The number of aromatic amines is 1. The van der Waals surface area contributed by atoms with Crippen LogP contribution in [0.25, 0.3) is 10.9 Å². The lowest BCUT2D eigenvalue weighted by Crippen LogP contribution is -2.49. The quantitative estimate of drug-likeness (QED) is 0.769. The van der Waals surface area contributed by atoms with E-state index in [2.05, 4.69) is 15.3 Å². The molecule has 1 unspecified atom stereocenters. The Morgan fingerprint density at radius 2 is 2.15 bits per heavy atom. The highest BCUT2D eigenvalue weighted by atomic mass is 16.3. The lowest BCUT2D eigenvalue weighted by atomic mass is 10.0. The van der Waals surface area contributed by atoms with Gasteiger partial charge in [-0.05, 0) is 25.5 Å². The molecule has 0 radical (unpaired) electrons. The minimum Gasteiger partial charge on any atom is -0.394 e. The smallest absolute Gasteiger partial charge is 0.287 e. The summed E-state index contributed by atoms with van der Waals surface area (Å²) in [6.07, 6.45) is 0.563. The molecule has 0 aliphatic carbocycles. The molecule has 0 bridgehead atoms. The molecule has 2 rings (SSSR count). The van der Waals surface area contributed by atoms with E-state index >= 15 is 0 Å². The van der Waals surface area contributed by atoms with Gasteiger partial charge in [0.1, 0.15) is 0 Å². The van der Waals surface area contributed by atoms with Crippen molar-refractivity contribution in [3.8, 4) is 0 Å². The number of aliphatic hydroxyl groups excluding tert-OH is 1. The Kier molecular flexibility index (Phi) is 3.85. The van der Waals surface area contributed by atoms with E-state index < -0.39 is 11.4 Å². The number of aromatic nitrogens is 2. The summed E-state index contributed by atoms with van der Waals surface area (Å²) in [6.45, 7) is 3.39. The number of nitrogens with zero attached hydrogens (tertiary/aromatic N) is 1. The SMILES string of the molecule is CCC(C)(CO)NC(=O)c1nc2ccccc2c(=O)[nH]1. The summed E-state index contributed by atoms with van der Waals surface area (Å²) in [5.41, 5.74) is -0.632. The Morgan fingerprint density at radius 1 is 1.45 bits per heavy atom. The number of nitrogens with one attached hydrogen (secondary N) is 2. The molecule has 1 amide bonds. The van der Waals surface area contributed by atoms with Crippen molar-refractivity contribution < 1.29 is 9.90 Å². The van der Waals surface area contributed by atoms with Crippen molar-refractivity contribution in [1.29, 1.82) is 0 Å². The first kappa shape index (κ1) is 14.2. The van der Waals surface area contributed by atoms with E-state index in [0.717, 1.165) is 0 Å². The summed E-state index contributed by atoms with van der Waals surface area (Å²) in [5, 5.41) is 12.4. The van der Waals surface area contributed by atoms with Crippen LogP contribution >= 0.6 is 0 Å². The average Bonchev–Trinajstić information content (AvgIpc) is 2.47. The fourth-order valence-corrected chi connectivity index (χ4v) is 1.77. The molecule has 0 aliphatic rings. The van der Waals surface area contributed by atoms with Gasteiger partial charge < -0.3 is 15.4 Å². The molecule has 20 heavy (non-hydrogen) atoms. The lowest BCUT2D eigenvalue weighted by Gasteiger charge is -2.26. The van der Waals surface area contributed by atoms with Gasteiger partial charge in [-0.15, -0.1) is 0 Å². The lowest BCUT2D eigenvalue weighted by molar-refractivity contribution is 0.0837. The van der Waals surface area contributed by atoms with Crippen LogP contribution in [-0.2, 0) is 0 Å². The Bertz CT molecular complexity index is 689. The summed E-state index contributed by atoms with van der Waals surface area (Å²) >= 11 is 0. The van der Waals surface area contributed by atoms with Gasteiger partial charge in [-0.3, -0.25) is 9.59 Å². The van der Waals surface area contributed by atoms with Crippen LogP contribution in [0.2, 0.25) is 0 Å². The van der Waals surface area contributed by atoms with Crippen molar-refractivity contribution in [3.05, 3.63) is 40.4 Å². The van der Waals surface area contributed by atoms with Crippen LogP contribution in [0.4, 0.5) is 0 Å². The van der Waals surface area contributed by atoms with Crippen molar-refractivity contribution in [2.24, 2.45) is 0 Å². The maximum Gasteiger partial charge on any atom is 0.287 e. The van der Waals surface area contributed by atoms with Crippen LogP contribution in [0.3, 0.4) is 0 Å². The van der Waals surface area contributed by atoms with E-state index in [-0.39, 0.29) is 18.0 Å². The fourth-order valence-electron chi connectivity index (χ4n) is 1.77. The summed E-state index contributed by atoms with van der Waals surface area (Å²) in [7, 11) is 0. The van der Waals surface area contributed by atoms with Crippen LogP contribution in [0.15, 0.2) is 29.1 Å². The van der Waals surface area contributed by atoms with Gasteiger partial charge in [0.25, 0.3) is 11.5 Å². The van der Waals surface area contributed by atoms with E-state index in [9.17, 15) is 14.7 Å². The van der Waals surface area contributed by atoms with Gasteiger partial charge in [0.15, 0.2) is 5.82 Å². The summed E-state index contributed by atoms with van der Waals surface area (Å²) in [4.78, 5) is 30.6. The molecule has 106 valence electrons. The average molecular weight is 275 g/mol. The van der Waals surface area contributed by atoms with E-state index in [1.807, 2.05) is 6.92 Å². The van der Waals surface area contributed by atoms with Gasteiger partial charge in [0.05, 0.1) is 23.0 Å². The number of H-pyrrole nitrogens is 1. The topological polar surface area (TPSA) is 95.1 Å². The molecule has 1 atom stereocenters. The van der Waals surface area contributed by atoms with Crippen molar-refractivity contribution in [1.82, 2.24) is 15.3 Å². The number of para-hydroxylation sites is 1. The zero-order valence-electron chi connectivity index (χ0n) is 11.4. The van der Waals surface area contributed by atoms with Crippen LogP contribution in [0.5, 0.6) is 0 Å². The molecule has 0 saturated heterocycles. The third kappa shape index (κ3) is 2.70. The Morgan fingerprint density at radius 3 is 2.80 bits per heavy atom. The predicted octanol–water partition coefficient (Wildman–Crippen LogP) is 0.814. The first-order valence-corrected chi connectivity index (χ1v) is 6.41. The first-order chi connectivity index (χ1) is 9.49. The minimum atomic E-state index is -0.735. The number of aliphatic hydroxyl groups is 1. The molecule has 1 aromatic carbocycles. The van der Waals surface area contributed by atoms with Crippen molar-refractivity contribution in [2.45, 2.75) is 25.8 Å². The summed E-state index contributed by atoms with van der Waals surface area (Å²) in [6, 6.07) is 6.80. The molecular formula is C14H17N3O3. The highest BCUT2D eigenvalue weighted by Gasteiger charge is 2.25. The van der Waals surface area contributed by atoms with Gasteiger partial charge in [-0.1, -0.05) is 19.1 Å². The highest BCUT2D eigenvalue weighted by Crippen LogP contribution is 2.10. The number of fused-ring (bicyclic) bond motifs is 1. The number of carbonyl (C=O) groups excluding carboxylic acids is 1. The summed E-state index contributed by atoms with van der Waals surface area (Å²) < 4.78 is 0. The van der Waals surface area contributed by atoms with E-state index in [0.29, 0.717) is 17.3 Å². The number of hydrogen-bond acceptors (Lipinski definition) is 4. The maximum absolute atomic E-state index is 12.1. The zero-order chi connectivity index (χ0) is 14.8. The maximum atomic E-state index is 12.1. The second-order valence-electron chi connectivity index (χ2n) is 4.96. The second-order valence-corrected chi connectivity index (χ2v) is 4.96. The molecule has 6 nitrogen and oxygen atoms in total. The van der Waals surface area contributed by atoms with Crippen LogP contribution in [0.1, 0.15) is 30.9 Å². The van der Waals surface area contributed by atoms with Crippen LogP contribution in [0, 0.1) is 0 Å². The van der Waals surface area contributed by atoms with Gasteiger partial charge >= 0.3 is 0 Å². The Balaban J connectivity index is 2.38. The van der Waals surface area contributed by atoms with E-state index in [1.54, 1.807) is 31.2 Å². The highest BCUT2D eigenvalue weighted by molar-refractivity contribution is 5.93. The van der Waals surface area contributed by atoms with E-state index in [1.165, 1.54) is 0 Å². The molecule has 1 heterocycles.